The van der Waals surface area contributed by atoms with Crippen LogP contribution in [0, 0.1) is 11.8 Å². The van der Waals surface area contributed by atoms with E-state index in [0.717, 1.165) is 24.9 Å². The molecule has 2 bridgehead atoms. The van der Waals surface area contributed by atoms with Crippen LogP contribution in [0.5, 0.6) is 0 Å². The molecule has 1 N–H and O–H groups in total. The van der Waals surface area contributed by atoms with Crippen molar-refractivity contribution in [2.24, 2.45) is 11.8 Å². The highest BCUT2D eigenvalue weighted by Crippen LogP contribution is 2.33. The minimum atomic E-state index is 0.275. The van der Waals surface area contributed by atoms with Crippen LogP contribution in [0.25, 0.3) is 0 Å². The van der Waals surface area contributed by atoms with Crippen molar-refractivity contribution in [1.82, 2.24) is 5.32 Å². The Kier molecular flexibility index (Phi) is 3.45. The van der Waals surface area contributed by atoms with Crippen LogP contribution >= 0.6 is 0 Å². The van der Waals surface area contributed by atoms with Gasteiger partial charge in [-0.1, -0.05) is 13.8 Å². The summed E-state index contributed by atoms with van der Waals surface area (Å²) in [6.45, 7) is 4.17. The van der Waals surface area contributed by atoms with Crippen molar-refractivity contribution in [1.29, 1.82) is 0 Å². The Morgan fingerprint density at radius 3 is 2.47 bits per heavy atom. The van der Waals surface area contributed by atoms with Gasteiger partial charge in [0.2, 0.25) is 0 Å². The third kappa shape index (κ3) is 2.60. The van der Waals surface area contributed by atoms with Crippen molar-refractivity contribution in [3.05, 3.63) is 0 Å². The van der Waals surface area contributed by atoms with Gasteiger partial charge in [0.05, 0.1) is 0 Å². The van der Waals surface area contributed by atoms with Gasteiger partial charge in [0, 0.05) is 24.4 Å². The number of rotatable bonds is 4. The molecule has 3 unspecified atom stereocenters. The van der Waals surface area contributed by atoms with Crippen molar-refractivity contribution in [3.63, 3.8) is 0 Å². The molecule has 2 rings (SSSR count). The second kappa shape index (κ2) is 4.65. The molecule has 0 spiro atoms. The van der Waals surface area contributed by atoms with Gasteiger partial charge >= 0.3 is 0 Å². The van der Waals surface area contributed by atoms with Gasteiger partial charge in [-0.2, -0.15) is 0 Å². The van der Waals surface area contributed by atoms with Crippen LogP contribution < -0.4 is 5.32 Å². The number of hydrogen-bond acceptors (Lipinski definition) is 2. The molecule has 2 saturated heterocycles. The molecule has 0 aromatic rings. The summed E-state index contributed by atoms with van der Waals surface area (Å²) in [7, 11) is 0. The highest BCUT2D eigenvalue weighted by Gasteiger charge is 2.34. The van der Waals surface area contributed by atoms with Gasteiger partial charge in [-0.25, -0.2) is 0 Å². The Morgan fingerprint density at radius 1 is 1.33 bits per heavy atom. The van der Waals surface area contributed by atoms with E-state index in [2.05, 4.69) is 19.2 Å². The van der Waals surface area contributed by atoms with E-state index in [4.69, 9.17) is 0 Å². The van der Waals surface area contributed by atoms with Crippen molar-refractivity contribution in [3.8, 4) is 0 Å². The van der Waals surface area contributed by atoms with Crippen LogP contribution in [0.4, 0.5) is 0 Å². The van der Waals surface area contributed by atoms with E-state index >= 15 is 0 Å². The van der Waals surface area contributed by atoms with E-state index in [1.54, 1.807) is 0 Å². The zero-order valence-corrected chi connectivity index (χ0v) is 9.96. The van der Waals surface area contributed by atoms with Crippen LogP contribution in [0.2, 0.25) is 0 Å². The number of hydrogen-bond donors (Lipinski definition) is 1. The van der Waals surface area contributed by atoms with Crippen molar-refractivity contribution < 1.29 is 4.79 Å². The largest absolute Gasteiger partial charge is 0.311 e. The first-order chi connectivity index (χ1) is 7.19. The molecule has 0 aromatic carbocycles. The number of nitrogens with one attached hydrogen (secondary N) is 1. The van der Waals surface area contributed by atoms with Crippen LogP contribution in [0.15, 0.2) is 0 Å². The second-order valence-corrected chi connectivity index (χ2v) is 5.46. The second-order valence-electron chi connectivity index (χ2n) is 5.46. The standard InChI is InChI=1S/C13H23NO/c1-3-9(2)13(15)8-10-6-11-4-5-12(7-10)14-11/h9-12,14H,3-8H2,1-2H3. The van der Waals surface area contributed by atoms with Gasteiger partial charge in [0.15, 0.2) is 0 Å². The Labute approximate surface area is 92.8 Å². The van der Waals surface area contributed by atoms with Gasteiger partial charge in [0.25, 0.3) is 0 Å². The van der Waals surface area contributed by atoms with Crippen molar-refractivity contribution in [2.45, 2.75) is 64.5 Å². The minimum Gasteiger partial charge on any atom is -0.311 e. The number of carbonyl (C=O) groups excluding carboxylic acids is 1. The molecule has 2 aliphatic heterocycles. The third-order valence-electron chi connectivity index (χ3n) is 4.22. The third-order valence-corrected chi connectivity index (χ3v) is 4.22. The maximum Gasteiger partial charge on any atom is 0.135 e. The summed E-state index contributed by atoms with van der Waals surface area (Å²) in [5.74, 6) is 1.44. The molecule has 2 aliphatic rings. The molecule has 0 aromatic heterocycles. The molecule has 2 heteroatoms. The predicted octanol–water partition coefficient (Wildman–Crippen LogP) is 2.52. The molecular weight excluding hydrogens is 186 g/mol. The first-order valence-corrected chi connectivity index (χ1v) is 6.47. The average molecular weight is 209 g/mol. The average Bonchev–Trinajstić information content (AvgIpc) is 2.57. The van der Waals surface area contributed by atoms with E-state index < -0.39 is 0 Å². The van der Waals surface area contributed by atoms with Crippen LogP contribution in [0.3, 0.4) is 0 Å². The quantitative estimate of drug-likeness (QED) is 0.771. The van der Waals surface area contributed by atoms with E-state index in [1.165, 1.54) is 25.7 Å². The van der Waals surface area contributed by atoms with Crippen LogP contribution in [0.1, 0.15) is 52.4 Å². The maximum atomic E-state index is 11.9. The molecule has 86 valence electrons. The lowest BCUT2D eigenvalue weighted by Crippen LogP contribution is -2.38. The Morgan fingerprint density at radius 2 is 1.93 bits per heavy atom. The zero-order chi connectivity index (χ0) is 10.8. The molecule has 2 heterocycles. The van der Waals surface area contributed by atoms with Gasteiger partial charge < -0.3 is 5.32 Å². The summed E-state index contributed by atoms with van der Waals surface area (Å²) in [6.07, 6.45) is 6.97. The number of carbonyl (C=O) groups is 1. The number of fused-ring (bicyclic) bond motifs is 2. The van der Waals surface area contributed by atoms with Gasteiger partial charge in [-0.3, -0.25) is 4.79 Å². The summed E-state index contributed by atoms with van der Waals surface area (Å²) in [5, 5.41) is 3.63. The van der Waals surface area contributed by atoms with E-state index in [-0.39, 0.29) is 5.92 Å². The molecule has 0 aliphatic carbocycles. The topological polar surface area (TPSA) is 29.1 Å². The van der Waals surface area contributed by atoms with Crippen molar-refractivity contribution in [2.75, 3.05) is 0 Å². The molecule has 0 radical (unpaired) electrons. The van der Waals surface area contributed by atoms with Crippen LogP contribution in [-0.4, -0.2) is 17.9 Å². The van der Waals surface area contributed by atoms with Gasteiger partial charge in [0.1, 0.15) is 5.78 Å². The Bertz CT molecular complexity index is 227. The summed E-state index contributed by atoms with van der Waals surface area (Å²) in [5.41, 5.74) is 0. The number of ketones is 1. The predicted molar refractivity (Wildman–Crippen MR) is 61.7 cm³/mol. The first kappa shape index (κ1) is 11.1. The summed E-state index contributed by atoms with van der Waals surface area (Å²) in [4.78, 5) is 11.9. The molecule has 2 fully saturated rings. The fourth-order valence-corrected chi connectivity index (χ4v) is 3.06. The minimum absolute atomic E-state index is 0.275. The molecule has 0 saturated carbocycles. The molecule has 0 amide bonds. The number of Topliss-reactive ketones (excluding diaryl/α,β-unsaturated/α-hetero) is 1. The maximum absolute atomic E-state index is 11.9. The highest BCUT2D eigenvalue weighted by molar-refractivity contribution is 5.80. The van der Waals surface area contributed by atoms with E-state index in [1.807, 2.05) is 0 Å². The van der Waals surface area contributed by atoms with E-state index in [0.29, 0.717) is 11.7 Å². The van der Waals surface area contributed by atoms with Crippen molar-refractivity contribution >= 4 is 5.78 Å². The van der Waals surface area contributed by atoms with E-state index in [9.17, 15) is 4.79 Å². The summed E-state index contributed by atoms with van der Waals surface area (Å²) in [6, 6.07) is 1.44. The monoisotopic (exact) mass is 209 g/mol. The molecule has 3 atom stereocenters. The fourth-order valence-electron chi connectivity index (χ4n) is 3.06. The summed E-state index contributed by atoms with van der Waals surface area (Å²) < 4.78 is 0. The Hall–Kier alpha value is -0.370. The van der Waals surface area contributed by atoms with Gasteiger partial charge in [-0.05, 0) is 38.0 Å². The van der Waals surface area contributed by atoms with Gasteiger partial charge in [-0.15, -0.1) is 0 Å². The molecular formula is C13H23NO. The lowest BCUT2D eigenvalue weighted by Gasteiger charge is -2.29. The lowest BCUT2D eigenvalue weighted by atomic mass is 9.85. The lowest BCUT2D eigenvalue weighted by molar-refractivity contribution is -0.123. The number of piperidine rings is 1. The van der Waals surface area contributed by atoms with Crippen LogP contribution in [-0.2, 0) is 4.79 Å². The first-order valence-electron chi connectivity index (χ1n) is 6.47. The smallest absolute Gasteiger partial charge is 0.135 e. The fraction of sp³-hybridized carbons (Fsp3) is 0.923. The summed E-state index contributed by atoms with van der Waals surface area (Å²) >= 11 is 0. The molecule has 15 heavy (non-hydrogen) atoms. The molecule has 2 nitrogen and oxygen atoms in total. The zero-order valence-electron chi connectivity index (χ0n) is 9.96. The Balaban J connectivity index is 1.82. The SMILES string of the molecule is CCC(C)C(=O)CC1CC2CCC(C1)N2. The highest BCUT2D eigenvalue weighted by atomic mass is 16.1. The normalized spacial score (nSPS) is 36.5.